The van der Waals surface area contributed by atoms with E-state index in [1.54, 1.807) is 4.90 Å². The van der Waals surface area contributed by atoms with Crippen LogP contribution in [0.3, 0.4) is 0 Å². The van der Waals surface area contributed by atoms with E-state index in [0.717, 1.165) is 42.8 Å². The van der Waals surface area contributed by atoms with E-state index in [2.05, 4.69) is 18.8 Å². The van der Waals surface area contributed by atoms with Crippen LogP contribution in [0.4, 0.5) is 5.69 Å². The monoisotopic (exact) mass is 493 g/mol. The lowest BCUT2D eigenvalue weighted by Gasteiger charge is -2.44. The normalized spacial score (nSPS) is 24.0. The summed E-state index contributed by atoms with van der Waals surface area (Å²) < 4.78 is 6.09. The van der Waals surface area contributed by atoms with Crippen molar-refractivity contribution in [2.75, 3.05) is 4.90 Å². The molecule has 2 aliphatic carbocycles. The van der Waals surface area contributed by atoms with Gasteiger partial charge >= 0.3 is 5.97 Å². The molecule has 0 aliphatic heterocycles. The molecule has 186 valence electrons. The van der Waals surface area contributed by atoms with Crippen molar-refractivity contribution in [2.24, 2.45) is 17.3 Å². The molecule has 6 heteroatoms. The van der Waals surface area contributed by atoms with Gasteiger partial charge in [0.15, 0.2) is 0 Å². The van der Waals surface area contributed by atoms with E-state index >= 15 is 0 Å². The lowest BCUT2D eigenvalue weighted by molar-refractivity contribution is -0.124. The number of benzene rings is 1. The Kier molecular flexibility index (Phi) is 7.56. The number of carboxylic acid groups (broad SMARTS) is 1. The summed E-state index contributed by atoms with van der Waals surface area (Å²) >= 11 is 1.16. The van der Waals surface area contributed by atoms with Gasteiger partial charge in [0.2, 0.25) is 5.91 Å². The number of para-hydroxylation sites is 1. The summed E-state index contributed by atoms with van der Waals surface area (Å²) in [6, 6.07) is 11.4. The molecule has 2 aromatic rings. The summed E-state index contributed by atoms with van der Waals surface area (Å²) in [6.07, 6.45) is 5.16. The first-order chi connectivity index (χ1) is 16.6. The van der Waals surface area contributed by atoms with Crippen LogP contribution >= 0.6 is 11.3 Å². The molecular weight excluding hydrogens is 458 g/mol. The van der Waals surface area contributed by atoms with Gasteiger partial charge in [-0.15, -0.1) is 11.3 Å². The fraction of sp³-hybridized carbons (Fsp3) is 0.517. The van der Waals surface area contributed by atoms with Crippen LogP contribution in [0.1, 0.15) is 80.8 Å². The molecule has 1 amide bonds. The Morgan fingerprint density at radius 1 is 1.09 bits per heavy atom. The third-order valence-electron chi connectivity index (χ3n) is 6.81. The molecule has 0 spiro atoms. The summed E-state index contributed by atoms with van der Waals surface area (Å²) in [7, 11) is 0. The van der Waals surface area contributed by atoms with Gasteiger partial charge in [-0.2, -0.15) is 0 Å². The molecule has 5 nitrogen and oxygen atoms in total. The minimum absolute atomic E-state index is 0.0103. The molecule has 0 radical (unpaired) electrons. The molecule has 0 bridgehead atoms. The lowest BCUT2D eigenvalue weighted by atomic mass is 9.80. The Morgan fingerprint density at radius 2 is 1.74 bits per heavy atom. The predicted molar refractivity (Wildman–Crippen MR) is 140 cm³/mol. The van der Waals surface area contributed by atoms with Crippen LogP contribution in [-0.4, -0.2) is 29.1 Å². The maximum absolute atomic E-state index is 13.9. The van der Waals surface area contributed by atoms with Gasteiger partial charge in [-0.05, 0) is 70.6 Å². The first-order valence-electron chi connectivity index (χ1n) is 12.6. The third-order valence-corrected chi connectivity index (χ3v) is 7.84. The van der Waals surface area contributed by atoms with Gasteiger partial charge in [0.05, 0.1) is 10.6 Å². The Hall–Kier alpha value is -2.78. The first-order valence-corrected chi connectivity index (χ1v) is 13.4. The smallest absolute Gasteiger partial charge is 0.348 e. The maximum atomic E-state index is 13.9. The van der Waals surface area contributed by atoms with E-state index in [1.807, 2.05) is 57.2 Å². The van der Waals surface area contributed by atoms with Crippen molar-refractivity contribution >= 4 is 28.9 Å². The zero-order valence-electron chi connectivity index (χ0n) is 21.0. The number of rotatable bonds is 6. The maximum Gasteiger partial charge on any atom is 0.348 e. The highest BCUT2D eigenvalue weighted by Crippen LogP contribution is 2.40. The van der Waals surface area contributed by atoms with Crippen molar-refractivity contribution in [1.29, 1.82) is 0 Å². The van der Waals surface area contributed by atoms with Crippen LogP contribution in [0, 0.1) is 29.1 Å². The van der Waals surface area contributed by atoms with Gasteiger partial charge < -0.3 is 14.7 Å². The molecule has 2 aliphatic rings. The van der Waals surface area contributed by atoms with Crippen molar-refractivity contribution in [3.8, 4) is 17.6 Å². The first kappa shape index (κ1) is 25.3. The molecule has 1 heterocycles. The highest BCUT2D eigenvalue weighted by Gasteiger charge is 2.42. The van der Waals surface area contributed by atoms with E-state index < -0.39 is 5.97 Å². The second-order valence-corrected chi connectivity index (χ2v) is 12.0. The largest absolute Gasteiger partial charge is 0.490 e. The number of carbonyl (C=O) groups is 2. The third kappa shape index (κ3) is 6.27. The van der Waals surface area contributed by atoms with Gasteiger partial charge in [0, 0.05) is 30.2 Å². The van der Waals surface area contributed by atoms with Crippen LogP contribution in [0.15, 0.2) is 36.4 Å². The fourth-order valence-corrected chi connectivity index (χ4v) is 5.60. The van der Waals surface area contributed by atoms with Crippen LogP contribution in [0.25, 0.3) is 0 Å². The average Bonchev–Trinajstić information content (AvgIpc) is 3.21. The zero-order valence-corrected chi connectivity index (χ0v) is 21.9. The molecule has 1 aromatic heterocycles. The van der Waals surface area contributed by atoms with Crippen molar-refractivity contribution < 1.29 is 19.4 Å². The standard InChI is InChI=1S/C29H35NO4S/c1-19-10-12-20(13-11-19)27(31)30(21-16-23(17-21)34-22-8-6-5-7-9-22)25-18-24(14-15-29(2,3)4)35-26(25)28(32)33/h5-9,18-21,23H,10-13,16-17H2,1-4H3,(H,32,33). The fourth-order valence-electron chi connectivity index (χ4n) is 4.76. The number of anilines is 1. The van der Waals surface area contributed by atoms with Gasteiger partial charge in [-0.3, -0.25) is 4.79 Å². The number of carboxylic acids is 1. The van der Waals surface area contributed by atoms with Crippen molar-refractivity contribution in [3.05, 3.63) is 46.2 Å². The Bertz CT molecular complexity index is 1110. The Labute approximate surface area is 212 Å². The Balaban J connectivity index is 1.61. The van der Waals surface area contributed by atoms with Crippen LogP contribution in [0.2, 0.25) is 0 Å². The van der Waals surface area contributed by atoms with E-state index in [-0.39, 0.29) is 34.3 Å². The van der Waals surface area contributed by atoms with E-state index in [1.165, 1.54) is 0 Å². The molecule has 0 saturated heterocycles. The van der Waals surface area contributed by atoms with Gasteiger partial charge in [-0.1, -0.05) is 37.0 Å². The summed E-state index contributed by atoms with van der Waals surface area (Å²) in [4.78, 5) is 28.7. The van der Waals surface area contributed by atoms with Crippen LogP contribution < -0.4 is 9.64 Å². The van der Waals surface area contributed by atoms with Crippen LogP contribution in [-0.2, 0) is 4.79 Å². The average molecular weight is 494 g/mol. The van der Waals surface area contributed by atoms with Crippen molar-refractivity contribution in [3.63, 3.8) is 0 Å². The molecule has 1 aromatic carbocycles. The molecule has 0 unspecified atom stereocenters. The number of amides is 1. The minimum atomic E-state index is -1.01. The topological polar surface area (TPSA) is 66.8 Å². The number of carbonyl (C=O) groups excluding carboxylic acids is 1. The second kappa shape index (κ2) is 10.5. The molecule has 0 atom stereocenters. The number of ether oxygens (including phenoxy) is 1. The molecule has 2 saturated carbocycles. The highest BCUT2D eigenvalue weighted by molar-refractivity contribution is 7.15. The zero-order chi connectivity index (χ0) is 25.2. The molecule has 2 fully saturated rings. The van der Waals surface area contributed by atoms with E-state index in [9.17, 15) is 14.7 Å². The lowest BCUT2D eigenvalue weighted by Crippen LogP contribution is -2.54. The molecule has 35 heavy (non-hydrogen) atoms. The van der Waals surface area contributed by atoms with Gasteiger partial charge in [-0.25, -0.2) is 4.79 Å². The van der Waals surface area contributed by atoms with Crippen LogP contribution in [0.5, 0.6) is 5.75 Å². The van der Waals surface area contributed by atoms with Gasteiger partial charge in [0.25, 0.3) is 0 Å². The molecule has 1 N–H and O–H groups in total. The van der Waals surface area contributed by atoms with E-state index in [0.29, 0.717) is 29.3 Å². The van der Waals surface area contributed by atoms with Crippen molar-refractivity contribution in [1.82, 2.24) is 0 Å². The number of aromatic carboxylic acids is 1. The summed E-state index contributed by atoms with van der Waals surface area (Å²) in [5.41, 5.74) is 0.296. The van der Waals surface area contributed by atoms with Gasteiger partial charge in [0.1, 0.15) is 16.7 Å². The number of hydrogen-bond acceptors (Lipinski definition) is 4. The number of thiophene rings is 1. The van der Waals surface area contributed by atoms with E-state index in [4.69, 9.17) is 4.74 Å². The Morgan fingerprint density at radius 3 is 2.34 bits per heavy atom. The SMILES string of the molecule is CC1CCC(C(=O)N(c2cc(C#CC(C)(C)C)sc2C(=O)O)C2CC(Oc3ccccc3)C2)CC1. The number of nitrogens with zero attached hydrogens (tertiary/aromatic N) is 1. The second-order valence-electron chi connectivity index (χ2n) is 11.0. The van der Waals surface area contributed by atoms with Crippen molar-refractivity contribution in [2.45, 2.75) is 78.4 Å². The predicted octanol–water partition coefficient (Wildman–Crippen LogP) is 6.61. The molecular formula is C29H35NO4S. The highest BCUT2D eigenvalue weighted by atomic mass is 32.1. The number of hydrogen-bond donors (Lipinski definition) is 1. The summed E-state index contributed by atoms with van der Waals surface area (Å²) in [5, 5.41) is 10.0. The quantitative estimate of drug-likeness (QED) is 0.460. The molecule has 4 rings (SSSR count). The summed E-state index contributed by atoms with van der Waals surface area (Å²) in [5.74, 6) is 6.75. The summed E-state index contributed by atoms with van der Waals surface area (Å²) in [6.45, 7) is 8.30. The minimum Gasteiger partial charge on any atom is -0.490 e.